The zero-order valence-electron chi connectivity index (χ0n) is 8.73. The third-order valence-corrected chi connectivity index (χ3v) is 3.66. The van der Waals surface area contributed by atoms with Gasteiger partial charge < -0.3 is 5.32 Å². The number of sulfonamides is 1. The molecular weight excluding hydrogens is 234 g/mol. The molecule has 0 saturated heterocycles. The molecule has 0 fully saturated rings. The number of anilines is 1. The van der Waals surface area contributed by atoms with Gasteiger partial charge in [-0.05, 0) is 0 Å². The van der Waals surface area contributed by atoms with E-state index in [9.17, 15) is 8.42 Å². The first-order valence-electron chi connectivity index (χ1n) is 4.63. The van der Waals surface area contributed by atoms with Gasteiger partial charge in [0.2, 0.25) is 10.0 Å². The van der Waals surface area contributed by atoms with E-state index in [1.54, 1.807) is 11.6 Å². The van der Waals surface area contributed by atoms with Gasteiger partial charge in [0.05, 0.1) is 5.75 Å². The molecule has 0 amide bonds. The maximum Gasteiger partial charge on any atom is 0.235 e. The summed E-state index contributed by atoms with van der Waals surface area (Å²) in [6.07, 6.45) is 1.56. The molecule has 0 saturated carbocycles. The molecule has 0 aliphatic carbocycles. The summed E-state index contributed by atoms with van der Waals surface area (Å²) in [4.78, 5) is 3.85. The van der Waals surface area contributed by atoms with E-state index in [2.05, 4.69) is 15.0 Å². The summed E-state index contributed by atoms with van der Waals surface area (Å²) in [6, 6.07) is 0.292. The van der Waals surface area contributed by atoms with E-state index in [0.717, 1.165) is 0 Å². The highest BCUT2D eigenvalue weighted by Crippen LogP contribution is 2.11. The van der Waals surface area contributed by atoms with Crippen molar-refractivity contribution in [2.45, 2.75) is 19.9 Å². The molecule has 0 unspecified atom stereocenters. The maximum absolute atomic E-state index is 11.5. The van der Waals surface area contributed by atoms with Crippen LogP contribution in [0.5, 0.6) is 0 Å². The first-order chi connectivity index (χ1) is 6.99. The third kappa shape index (κ3) is 5.10. The third-order valence-electron chi connectivity index (χ3n) is 1.60. The lowest BCUT2D eigenvalue weighted by Gasteiger charge is -2.08. The molecule has 0 aromatic carbocycles. The highest BCUT2D eigenvalue weighted by Gasteiger charge is 2.11. The van der Waals surface area contributed by atoms with Crippen molar-refractivity contribution in [3.05, 3.63) is 11.6 Å². The number of rotatable bonds is 6. The second-order valence-corrected chi connectivity index (χ2v) is 6.10. The topological polar surface area (TPSA) is 71.1 Å². The molecule has 1 aromatic rings. The van der Waals surface area contributed by atoms with Crippen LogP contribution in [-0.2, 0) is 10.0 Å². The Balaban J connectivity index is 2.39. The van der Waals surface area contributed by atoms with Crippen molar-refractivity contribution >= 4 is 26.5 Å². The van der Waals surface area contributed by atoms with Crippen molar-refractivity contribution in [3.63, 3.8) is 0 Å². The van der Waals surface area contributed by atoms with Crippen molar-refractivity contribution in [1.82, 2.24) is 10.3 Å². The molecule has 5 nitrogen and oxygen atoms in total. The van der Waals surface area contributed by atoms with E-state index in [0.29, 0.717) is 17.7 Å². The number of nitrogens with zero attached hydrogens (tertiary/aromatic N) is 1. The van der Waals surface area contributed by atoms with Gasteiger partial charge in [-0.2, -0.15) is 0 Å². The van der Waals surface area contributed by atoms with E-state index in [1.165, 1.54) is 11.3 Å². The molecule has 0 spiro atoms. The van der Waals surface area contributed by atoms with Gasteiger partial charge in [0, 0.05) is 24.2 Å². The molecule has 15 heavy (non-hydrogen) atoms. The number of nitrogens with one attached hydrogen (secondary N) is 2. The molecule has 0 aliphatic heterocycles. The Labute approximate surface area is 94.0 Å². The van der Waals surface area contributed by atoms with Crippen LogP contribution in [0.1, 0.15) is 13.8 Å². The monoisotopic (exact) mass is 249 g/mol. The minimum Gasteiger partial charge on any atom is -0.313 e. The second-order valence-electron chi connectivity index (χ2n) is 3.37. The van der Waals surface area contributed by atoms with Gasteiger partial charge in [0.1, 0.15) is 0 Å². The van der Waals surface area contributed by atoms with Crippen molar-refractivity contribution in [3.8, 4) is 0 Å². The molecule has 86 valence electrons. The summed E-state index contributed by atoms with van der Waals surface area (Å²) in [5.41, 5.74) is 0. The lowest BCUT2D eigenvalue weighted by Crippen LogP contribution is -2.30. The maximum atomic E-state index is 11.5. The standard InChI is InChI=1S/C8H15N3O2S2/c1-7(2)9-4-6-15(12,13)11-8-10-3-5-14-8/h3,5,7,9H,4,6H2,1-2H3,(H,10,11). The predicted octanol–water partition coefficient (Wildman–Crippen LogP) is 0.883. The van der Waals surface area contributed by atoms with Crippen LogP contribution in [0.3, 0.4) is 0 Å². The Hall–Kier alpha value is -0.660. The van der Waals surface area contributed by atoms with E-state index in [4.69, 9.17) is 0 Å². The number of hydrogen-bond acceptors (Lipinski definition) is 5. The quantitative estimate of drug-likeness (QED) is 0.785. The van der Waals surface area contributed by atoms with Crippen LogP contribution in [0.15, 0.2) is 11.6 Å². The Kier molecular flexibility index (Phi) is 4.49. The van der Waals surface area contributed by atoms with Gasteiger partial charge in [-0.15, -0.1) is 11.3 Å². The largest absolute Gasteiger partial charge is 0.313 e. The fraction of sp³-hybridized carbons (Fsp3) is 0.625. The Bertz CT molecular complexity index is 373. The Morgan fingerprint density at radius 2 is 2.27 bits per heavy atom. The summed E-state index contributed by atoms with van der Waals surface area (Å²) < 4.78 is 25.4. The average Bonchev–Trinajstić information content (AvgIpc) is 2.54. The number of hydrogen-bond donors (Lipinski definition) is 2. The van der Waals surface area contributed by atoms with Crippen molar-refractivity contribution in [1.29, 1.82) is 0 Å². The molecule has 1 rings (SSSR count). The van der Waals surface area contributed by atoms with Crippen LogP contribution in [0.4, 0.5) is 5.13 Å². The van der Waals surface area contributed by atoms with E-state index in [-0.39, 0.29) is 5.75 Å². The summed E-state index contributed by atoms with van der Waals surface area (Å²) in [5, 5.41) is 5.19. The second kappa shape index (κ2) is 5.43. The van der Waals surface area contributed by atoms with Gasteiger partial charge in [-0.25, -0.2) is 13.4 Å². The summed E-state index contributed by atoms with van der Waals surface area (Å²) in [7, 11) is -3.26. The van der Waals surface area contributed by atoms with Crippen LogP contribution in [-0.4, -0.2) is 31.7 Å². The molecule has 0 radical (unpaired) electrons. The van der Waals surface area contributed by atoms with Crippen LogP contribution < -0.4 is 10.0 Å². The SMILES string of the molecule is CC(C)NCCS(=O)(=O)Nc1nccs1. The normalized spacial score (nSPS) is 11.9. The van der Waals surface area contributed by atoms with Gasteiger partial charge in [-0.3, -0.25) is 4.72 Å². The average molecular weight is 249 g/mol. The van der Waals surface area contributed by atoms with Crippen LogP contribution in [0.25, 0.3) is 0 Å². The molecular formula is C8H15N3O2S2. The molecule has 0 atom stereocenters. The smallest absolute Gasteiger partial charge is 0.235 e. The Morgan fingerprint density at radius 3 is 2.80 bits per heavy atom. The van der Waals surface area contributed by atoms with Crippen LogP contribution >= 0.6 is 11.3 Å². The summed E-state index contributed by atoms with van der Waals surface area (Å²) in [6.45, 7) is 4.39. The van der Waals surface area contributed by atoms with Crippen LogP contribution in [0, 0.1) is 0 Å². The molecule has 7 heteroatoms. The fourth-order valence-corrected chi connectivity index (χ4v) is 2.69. The predicted molar refractivity (Wildman–Crippen MR) is 62.7 cm³/mol. The van der Waals surface area contributed by atoms with E-state index in [1.807, 2.05) is 13.8 Å². The molecule has 1 aromatic heterocycles. The highest BCUT2D eigenvalue weighted by molar-refractivity contribution is 7.92. The number of aromatic nitrogens is 1. The molecule has 1 heterocycles. The lowest BCUT2D eigenvalue weighted by molar-refractivity contribution is 0.582. The van der Waals surface area contributed by atoms with Gasteiger partial charge in [-0.1, -0.05) is 13.8 Å². The first-order valence-corrected chi connectivity index (χ1v) is 7.16. The Morgan fingerprint density at radius 1 is 1.53 bits per heavy atom. The minimum atomic E-state index is -3.26. The summed E-state index contributed by atoms with van der Waals surface area (Å²) in [5.74, 6) is 0.0603. The number of thiazole rings is 1. The van der Waals surface area contributed by atoms with Crippen molar-refractivity contribution in [2.75, 3.05) is 17.0 Å². The molecule has 2 N–H and O–H groups in total. The zero-order valence-corrected chi connectivity index (χ0v) is 10.4. The van der Waals surface area contributed by atoms with Gasteiger partial charge in [0.15, 0.2) is 5.13 Å². The minimum absolute atomic E-state index is 0.0603. The van der Waals surface area contributed by atoms with Gasteiger partial charge >= 0.3 is 0 Å². The molecule has 0 bridgehead atoms. The van der Waals surface area contributed by atoms with Gasteiger partial charge in [0.25, 0.3) is 0 Å². The van der Waals surface area contributed by atoms with E-state index >= 15 is 0 Å². The summed E-state index contributed by atoms with van der Waals surface area (Å²) >= 11 is 1.27. The van der Waals surface area contributed by atoms with Crippen molar-refractivity contribution in [2.24, 2.45) is 0 Å². The first kappa shape index (κ1) is 12.4. The van der Waals surface area contributed by atoms with Crippen LogP contribution in [0.2, 0.25) is 0 Å². The molecule has 0 aliphatic rings. The van der Waals surface area contributed by atoms with Crippen molar-refractivity contribution < 1.29 is 8.42 Å². The fourth-order valence-electron chi connectivity index (χ4n) is 0.940. The zero-order chi connectivity index (χ0) is 11.3. The lowest BCUT2D eigenvalue weighted by atomic mass is 10.4. The highest BCUT2D eigenvalue weighted by atomic mass is 32.2. The van der Waals surface area contributed by atoms with E-state index < -0.39 is 10.0 Å².